The molecule has 0 spiro atoms. The van der Waals surface area contributed by atoms with Crippen LogP contribution in [-0.2, 0) is 14.8 Å². The van der Waals surface area contributed by atoms with Gasteiger partial charge in [0.05, 0.1) is 4.90 Å². The number of carbonyl (C=O) groups is 1. The van der Waals surface area contributed by atoms with Gasteiger partial charge in [0.25, 0.3) is 10.0 Å². The van der Waals surface area contributed by atoms with E-state index >= 15 is 0 Å². The highest BCUT2D eigenvalue weighted by Crippen LogP contribution is 2.33. The largest absolute Gasteiger partial charge is 0.486 e. The average molecular weight is 283 g/mol. The Morgan fingerprint density at radius 2 is 1.84 bits per heavy atom. The molecule has 7 heteroatoms. The molecule has 102 valence electrons. The summed E-state index contributed by atoms with van der Waals surface area (Å²) >= 11 is 0. The first-order valence-corrected chi connectivity index (χ1v) is 7.51. The number of carbonyl (C=O) groups excluding carboxylic acids is 1. The maximum absolute atomic E-state index is 12.0. The average Bonchev–Trinajstić information content (AvgIpc) is 3.22. The van der Waals surface area contributed by atoms with E-state index in [-0.39, 0.29) is 10.8 Å². The number of hydrogen-bond acceptors (Lipinski definition) is 5. The second kappa shape index (κ2) is 4.41. The first kappa shape index (κ1) is 12.3. The first-order valence-electron chi connectivity index (χ1n) is 6.02. The zero-order valence-electron chi connectivity index (χ0n) is 10.1. The molecule has 1 fully saturated rings. The van der Waals surface area contributed by atoms with Gasteiger partial charge in [-0.2, -0.15) is 0 Å². The van der Waals surface area contributed by atoms with Gasteiger partial charge in [-0.3, -0.25) is 4.79 Å². The Balaban J connectivity index is 1.85. The van der Waals surface area contributed by atoms with E-state index in [4.69, 9.17) is 9.47 Å². The van der Waals surface area contributed by atoms with Crippen LogP contribution in [0.2, 0.25) is 0 Å². The third kappa shape index (κ3) is 2.51. The molecule has 0 radical (unpaired) electrons. The molecule has 1 N–H and O–H groups in total. The highest BCUT2D eigenvalue weighted by Gasteiger charge is 2.33. The number of hydrogen-bond donors (Lipinski definition) is 1. The van der Waals surface area contributed by atoms with Crippen LogP contribution in [0.3, 0.4) is 0 Å². The molecule has 1 aromatic rings. The van der Waals surface area contributed by atoms with Crippen molar-refractivity contribution in [2.75, 3.05) is 13.2 Å². The van der Waals surface area contributed by atoms with Crippen LogP contribution >= 0.6 is 0 Å². The summed E-state index contributed by atoms with van der Waals surface area (Å²) in [5, 5.41) is 0. The molecule has 6 nitrogen and oxygen atoms in total. The molecule has 19 heavy (non-hydrogen) atoms. The summed E-state index contributed by atoms with van der Waals surface area (Å²) < 4.78 is 36.8. The highest BCUT2D eigenvalue weighted by molar-refractivity contribution is 7.90. The standard InChI is InChI=1S/C12H13NO5S/c14-12(8-1-2-8)13-19(15,16)9-3-4-10-11(7-9)18-6-5-17-10/h3-4,7-8H,1-2,5-6H2,(H,13,14). The zero-order chi connectivity index (χ0) is 13.5. The van der Waals surface area contributed by atoms with Gasteiger partial charge in [-0.25, -0.2) is 13.1 Å². The Hall–Kier alpha value is -1.76. The van der Waals surface area contributed by atoms with E-state index in [1.54, 1.807) is 0 Å². The van der Waals surface area contributed by atoms with Gasteiger partial charge in [-0.1, -0.05) is 0 Å². The zero-order valence-corrected chi connectivity index (χ0v) is 10.9. The monoisotopic (exact) mass is 283 g/mol. The van der Waals surface area contributed by atoms with E-state index in [1.165, 1.54) is 18.2 Å². The van der Waals surface area contributed by atoms with Crippen LogP contribution in [-0.4, -0.2) is 27.5 Å². The van der Waals surface area contributed by atoms with Crippen LogP contribution in [0.1, 0.15) is 12.8 Å². The summed E-state index contributed by atoms with van der Waals surface area (Å²) in [4.78, 5) is 11.5. The van der Waals surface area contributed by atoms with Crippen LogP contribution in [0.25, 0.3) is 0 Å². The van der Waals surface area contributed by atoms with Crippen LogP contribution in [0.5, 0.6) is 11.5 Å². The molecule has 3 rings (SSSR count). The third-order valence-corrected chi connectivity index (χ3v) is 4.35. The predicted octanol–water partition coefficient (Wildman–Crippen LogP) is 0.673. The van der Waals surface area contributed by atoms with Crippen molar-refractivity contribution in [1.29, 1.82) is 0 Å². The topological polar surface area (TPSA) is 81.7 Å². The fourth-order valence-corrected chi connectivity index (χ4v) is 2.87. The molecule has 1 aliphatic heterocycles. The van der Waals surface area contributed by atoms with Crippen LogP contribution in [0.15, 0.2) is 23.1 Å². The summed E-state index contributed by atoms with van der Waals surface area (Å²) in [6, 6.07) is 4.30. The van der Waals surface area contributed by atoms with E-state index in [0.29, 0.717) is 24.7 Å². The van der Waals surface area contributed by atoms with Crippen molar-refractivity contribution < 1.29 is 22.7 Å². The Bertz CT molecular complexity index is 621. The lowest BCUT2D eigenvalue weighted by Crippen LogP contribution is -2.31. The molecular weight excluding hydrogens is 270 g/mol. The molecular formula is C12H13NO5S. The lowest BCUT2D eigenvalue weighted by molar-refractivity contribution is -0.120. The third-order valence-electron chi connectivity index (χ3n) is 3.01. The SMILES string of the molecule is O=C(NS(=O)(=O)c1ccc2c(c1)OCCO2)C1CC1. The van der Waals surface area contributed by atoms with Gasteiger partial charge < -0.3 is 9.47 Å². The van der Waals surface area contributed by atoms with Crippen molar-refractivity contribution >= 4 is 15.9 Å². The van der Waals surface area contributed by atoms with Crippen LogP contribution in [0.4, 0.5) is 0 Å². The van der Waals surface area contributed by atoms with Crippen molar-refractivity contribution in [3.05, 3.63) is 18.2 Å². The van der Waals surface area contributed by atoms with Gasteiger partial charge in [0.2, 0.25) is 5.91 Å². The van der Waals surface area contributed by atoms with E-state index in [0.717, 1.165) is 12.8 Å². The van der Waals surface area contributed by atoms with Crippen molar-refractivity contribution in [2.45, 2.75) is 17.7 Å². The Kier molecular flexibility index (Phi) is 2.85. The number of sulfonamides is 1. The lowest BCUT2D eigenvalue weighted by Gasteiger charge is -2.18. The molecule has 0 saturated heterocycles. The van der Waals surface area contributed by atoms with Gasteiger partial charge in [0.15, 0.2) is 11.5 Å². The summed E-state index contributed by atoms with van der Waals surface area (Å²) in [7, 11) is -3.83. The smallest absolute Gasteiger partial charge is 0.264 e. The van der Waals surface area contributed by atoms with E-state index in [1.807, 2.05) is 0 Å². The van der Waals surface area contributed by atoms with E-state index < -0.39 is 15.9 Å². The van der Waals surface area contributed by atoms with Gasteiger partial charge in [0.1, 0.15) is 13.2 Å². The van der Waals surface area contributed by atoms with Crippen LogP contribution < -0.4 is 14.2 Å². The highest BCUT2D eigenvalue weighted by atomic mass is 32.2. The molecule has 0 aromatic heterocycles. The maximum atomic E-state index is 12.0. The number of fused-ring (bicyclic) bond motifs is 1. The molecule has 1 aromatic carbocycles. The number of rotatable bonds is 3. The van der Waals surface area contributed by atoms with Crippen molar-refractivity contribution in [1.82, 2.24) is 4.72 Å². The van der Waals surface area contributed by atoms with Gasteiger partial charge in [-0.15, -0.1) is 0 Å². The quantitative estimate of drug-likeness (QED) is 0.882. The molecule has 0 bridgehead atoms. The first-order chi connectivity index (χ1) is 9.06. The number of benzene rings is 1. The van der Waals surface area contributed by atoms with E-state index in [2.05, 4.69) is 4.72 Å². The summed E-state index contributed by atoms with van der Waals surface area (Å²) in [5.41, 5.74) is 0. The van der Waals surface area contributed by atoms with Crippen molar-refractivity contribution in [3.8, 4) is 11.5 Å². The van der Waals surface area contributed by atoms with Crippen molar-refractivity contribution in [3.63, 3.8) is 0 Å². The molecule has 2 aliphatic rings. The van der Waals surface area contributed by atoms with E-state index in [9.17, 15) is 13.2 Å². The van der Waals surface area contributed by atoms with Gasteiger partial charge in [-0.05, 0) is 25.0 Å². The normalized spacial score (nSPS) is 17.9. The molecule has 1 aliphatic carbocycles. The number of amides is 1. The fraction of sp³-hybridized carbons (Fsp3) is 0.417. The number of nitrogens with one attached hydrogen (secondary N) is 1. The molecule has 0 atom stereocenters. The summed E-state index contributed by atoms with van der Waals surface area (Å²) in [5.74, 6) is 0.300. The Morgan fingerprint density at radius 3 is 2.53 bits per heavy atom. The van der Waals surface area contributed by atoms with Gasteiger partial charge >= 0.3 is 0 Å². The van der Waals surface area contributed by atoms with Crippen LogP contribution in [0, 0.1) is 5.92 Å². The fourth-order valence-electron chi connectivity index (χ4n) is 1.81. The Labute approximate surface area is 110 Å². The summed E-state index contributed by atoms with van der Waals surface area (Å²) in [6.45, 7) is 0.822. The molecule has 1 amide bonds. The molecule has 1 saturated carbocycles. The maximum Gasteiger partial charge on any atom is 0.264 e. The predicted molar refractivity (Wildman–Crippen MR) is 65.5 cm³/mol. The number of ether oxygens (including phenoxy) is 2. The summed E-state index contributed by atoms with van der Waals surface area (Å²) in [6.07, 6.45) is 1.50. The lowest BCUT2D eigenvalue weighted by atomic mass is 10.3. The minimum atomic E-state index is -3.83. The molecule has 1 heterocycles. The second-order valence-corrected chi connectivity index (χ2v) is 6.23. The Morgan fingerprint density at radius 1 is 1.16 bits per heavy atom. The van der Waals surface area contributed by atoms with Crippen molar-refractivity contribution in [2.24, 2.45) is 5.92 Å². The second-order valence-electron chi connectivity index (χ2n) is 4.55. The van der Waals surface area contributed by atoms with Gasteiger partial charge in [0, 0.05) is 12.0 Å². The minimum Gasteiger partial charge on any atom is -0.486 e. The molecule has 0 unspecified atom stereocenters. The minimum absolute atomic E-state index is 0.00532.